The second kappa shape index (κ2) is 9.38. The summed E-state index contributed by atoms with van der Waals surface area (Å²) in [5.41, 5.74) is 5.71. The van der Waals surface area contributed by atoms with Gasteiger partial charge in [-0.2, -0.15) is 0 Å². The standard InChI is InChI=1S/C24H26N2OS/c1-4-27-22-13-9-8-12-21(22)25-24(28)26-23(19-10-6-5-7-11-19)20-15-14-17(2)16-18(20)3/h5-16,23H,4H2,1-3H3,(H2,25,26,28)/t23-/m0/s1. The van der Waals surface area contributed by atoms with Crippen LogP contribution in [0.3, 0.4) is 0 Å². The quantitative estimate of drug-likeness (QED) is 0.523. The summed E-state index contributed by atoms with van der Waals surface area (Å²) in [5, 5.41) is 7.34. The van der Waals surface area contributed by atoms with Crippen molar-refractivity contribution in [1.82, 2.24) is 5.32 Å². The van der Waals surface area contributed by atoms with Gasteiger partial charge in [-0.3, -0.25) is 0 Å². The zero-order valence-electron chi connectivity index (χ0n) is 16.5. The molecule has 0 saturated carbocycles. The van der Waals surface area contributed by atoms with Crippen molar-refractivity contribution in [3.05, 3.63) is 95.1 Å². The molecule has 0 aliphatic heterocycles. The van der Waals surface area contributed by atoms with Crippen molar-refractivity contribution in [2.24, 2.45) is 0 Å². The smallest absolute Gasteiger partial charge is 0.171 e. The van der Waals surface area contributed by atoms with Gasteiger partial charge in [0.25, 0.3) is 0 Å². The summed E-state index contributed by atoms with van der Waals surface area (Å²) >= 11 is 5.65. The Morgan fingerprint density at radius 1 is 0.964 bits per heavy atom. The SMILES string of the molecule is CCOc1ccccc1NC(=S)N[C@@H](c1ccccc1)c1ccc(C)cc1C. The number of hydrogen-bond donors (Lipinski definition) is 2. The summed E-state index contributed by atoms with van der Waals surface area (Å²) in [7, 11) is 0. The maximum absolute atomic E-state index is 5.69. The van der Waals surface area contributed by atoms with Gasteiger partial charge in [-0.05, 0) is 61.8 Å². The van der Waals surface area contributed by atoms with Gasteiger partial charge >= 0.3 is 0 Å². The highest BCUT2D eigenvalue weighted by Crippen LogP contribution is 2.27. The van der Waals surface area contributed by atoms with E-state index in [0.29, 0.717) is 11.7 Å². The fraction of sp³-hybridized carbons (Fsp3) is 0.208. The minimum absolute atomic E-state index is 0.0407. The molecule has 0 fully saturated rings. The third kappa shape index (κ3) is 4.90. The molecule has 3 rings (SSSR count). The molecular formula is C24H26N2OS. The highest BCUT2D eigenvalue weighted by molar-refractivity contribution is 7.80. The first-order chi connectivity index (χ1) is 13.6. The first-order valence-electron chi connectivity index (χ1n) is 9.50. The Hall–Kier alpha value is -2.85. The van der Waals surface area contributed by atoms with Crippen molar-refractivity contribution in [3.63, 3.8) is 0 Å². The lowest BCUT2D eigenvalue weighted by Crippen LogP contribution is -2.33. The van der Waals surface area contributed by atoms with Crippen LogP contribution in [0.2, 0.25) is 0 Å². The van der Waals surface area contributed by atoms with Gasteiger partial charge in [-0.15, -0.1) is 0 Å². The molecule has 0 radical (unpaired) electrons. The molecule has 0 bridgehead atoms. The average molecular weight is 391 g/mol. The van der Waals surface area contributed by atoms with Crippen LogP contribution in [0.25, 0.3) is 0 Å². The number of aryl methyl sites for hydroxylation is 2. The zero-order chi connectivity index (χ0) is 19.9. The van der Waals surface area contributed by atoms with Crippen LogP contribution in [0.15, 0.2) is 72.8 Å². The molecule has 3 nitrogen and oxygen atoms in total. The normalized spacial score (nSPS) is 11.5. The van der Waals surface area contributed by atoms with E-state index in [1.165, 1.54) is 16.7 Å². The fourth-order valence-corrected chi connectivity index (χ4v) is 3.50. The van der Waals surface area contributed by atoms with Crippen LogP contribution in [0.5, 0.6) is 5.75 Å². The van der Waals surface area contributed by atoms with Crippen molar-refractivity contribution in [2.75, 3.05) is 11.9 Å². The predicted octanol–water partition coefficient (Wildman–Crippen LogP) is 5.78. The van der Waals surface area contributed by atoms with Gasteiger partial charge in [0, 0.05) is 0 Å². The van der Waals surface area contributed by atoms with Crippen LogP contribution in [-0.4, -0.2) is 11.7 Å². The zero-order valence-corrected chi connectivity index (χ0v) is 17.3. The Bertz CT molecular complexity index is 940. The summed E-state index contributed by atoms with van der Waals surface area (Å²) in [5.74, 6) is 0.789. The molecule has 0 spiro atoms. The Morgan fingerprint density at radius 3 is 2.39 bits per heavy atom. The number of benzene rings is 3. The van der Waals surface area contributed by atoms with Crippen LogP contribution < -0.4 is 15.4 Å². The molecule has 0 aliphatic rings. The number of hydrogen-bond acceptors (Lipinski definition) is 2. The van der Waals surface area contributed by atoms with E-state index >= 15 is 0 Å². The number of anilines is 1. The molecule has 2 N–H and O–H groups in total. The lowest BCUT2D eigenvalue weighted by Gasteiger charge is -2.24. The van der Waals surface area contributed by atoms with Gasteiger partial charge in [0.1, 0.15) is 5.75 Å². The van der Waals surface area contributed by atoms with Gasteiger partial charge in [-0.25, -0.2) is 0 Å². The minimum atomic E-state index is -0.0407. The number of nitrogens with one attached hydrogen (secondary N) is 2. The molecular weight excluding hydrogens is 364 g/mol. The Morgan fingerprint density at radius 2 is 1.68 bits per heavy atom. The lowest BCUT2D eigenvalue weighted by atomic mass is 9.94. The van der Waals surface area contributed by atoms with Crippen molar-refractivity contribution < 1.29 is 4.74 Å². The molecule has 0 amide bonds. The topological polar surface area (TPSA) is 33.3 Å². The van der Waals surface area contributed by atoms with E-state index in [9.17, 15) is 0 Å². The van der Waals surface area contributed by atoms with Crippen molar-refractivity contribution >= 4 is 23.0 Å². The van der Waals surface area contributed by atoms with E-state index in [4.69, 9.17) is 17.0 Å². The first kappa shape index (κ1) is 19.9. The Kier molecular flexibility index (Phi) is 6.66. The van der Waals surface area contributed by atoms with E-state index in [1.54, 1.807) is 0 Å². The highest BCUT2D eigenvalue weighted by Gasteiger charge is 2.18. The maximum atomic E-state index is 5.69. The van der Waals surface area contributed by atoms with Gasteiger partial charge in [0.15, 0.2) is 5.11 Å². The number of para-hydroxylation sites is 2. The number of ether oxygens (including phenoxy) is 1. The van der Waals surface area contributed by atoms with Crippen LogP contribution in [0.4, 0.5) is 5.69 Å². The van der Waals surface area contributed by atoms with Gasteiger partial charge in [-0.1, -0.05) is 66.2 Å². The third-order valence-electron chi connectivity index (χ3n) is 4.58. The minimum Gasteiger partial charge on any atom is -0.492 e. The van der Waals surface area contributed by atoms with Crippen molar-refractivity contribution in [1.29, 1.82) is 0 Å². The monoisotopic (exact) mass is 390 g/mol. The fourth-order valence-electron chi connectivity index (χ4n) is 3.28. The van der Waals surface area contributed by atoms with E-state index in [0.717, 1.165) is 17.0 Å². The second-order valence-corrected chi connectivity index (χ2v) is 7.14. The molecule has 0 saturated heterocycles. The van der Waals surface area contributed by atoms with E-state index in [1.807, 2.05) is 37.3 Å². The molecule has 1 atom stereocenters. The highest BCUT2D eigenvalue weighted by atomic mass is 32.1. The summed E-state index contributed by atoms with van der Waals surface area (Å²) < 4.78 is 5.69. The molecule has 4 heteroatoms. The largest absolute Gasteiger partial charge is 0.492 e. The number of rotatable bonds is 6. The Balaban J connectivity index is 1.87. The van der Waals surface area contributed by atoms with Gasteiger partial charge < -0.3 is 15.4 Å². The third-order valence-corrected chi connectivity index (χ3v) is 4.80. The summed E-state index contributed by atoms with van der Waals surface area (Å²) in [6.45, 7) is 6.83. The van der Waals surface area contributed by atoms with E-state index < -0.39 is 0 Å². The predicted molar refractivity (Wildman–Crippen MR) is 121 cm³/mol. The van der Waals surface area contributed by atoms with Gasteiger partial charge in [0.05, 0.1) is 18.3 Å². The van der Waals surface area contributed by atoms with Gasteiger partial charge in [0.2, 0.25) is 0 Å². The van der Waals surface area contributed by atoms with Crippen LogP contribution in [-0.2, 0) is 0 Å². The maximum Gasteiger partial charge on any atom is 0.171 e. The van der Waals surface area contributed by atoms with Crippen LogP contribution >= 0.6 is 12.2 Å². The summed E-state index contributed by atoms with van der Waals surface area (Å²) in [6.07, 6.45) is 0. The molecule has 0 aliphatic carbocycles. The second-order valence-electron chi connectivity index (χ2n) is 6.73. The first-order valence-corrected chi connectivity index (χ1v) is 9.90. The van der Waals surface area contributed by atoms with E-state index in [-0.39, 0.29) is 6.04 Å². The lowest BCUT2D eigenvalue weighted by molar-refractivity contribution is 0.342. The molecule has 0 heterocycles. The van der Waals surface area contributed by atoms with E-state index in [2.05, 4.69) is 66.9 Å². The molecule has 144 valence electrons. The molecule has 0 aromatic heterocycles. The molecule has 0 unspecified atom stereocenters. The van der Waals surface area contributed by atoms with Crippen molar-refractivity contribution in [3.8, 4) is 5.75 Å². The molecule has 3 aromatic rings. The Labute approximate surface area is 172 Å². The summed E-state index contributed by atoms with van der Waals surface area (Å²) in [4.78, 5) is 0. The number of thiocarbonyl (C=S) groups is 1. The molecule has 28 heavy (non-hydrogen) atoms. The molecule has 3 aromatic carbocycles. The van der Waals surface area contributed by atoms with Crippen molar-refractivity contribution in [2.45, 2.75) is 26.8 Å². The summed E-state index contributed by atoms with van der Waals surface area (Å²) in [6, 6.07) is 24.7. The van der Waals surface area contributed by atoms with Crippen LogP contribution in [0.1, 0.15) is 35.2 Å². The average Bonchev–Trinajstić information content (AvgIpc) is 2.69. The van der Waals surface area contributed by atoms with Crippen LogP contribution in [0, 0.1) is 13.8 Å².